The number of para-hydroxylation sites is 1. The molecule has 0 radical (unpaired) electrons. The van der Waals surface area contributed by atoms with Crippen molar-refractivity contribution in [2.75, 3.05) is 5.32 Å². The van der Waals surface area contributed by atoms with Crippen molar-refractivity contribution in [2.45, 2.75) is 43.9 Å². The highest BCUT2D eigenvalue weighted by Crippen LogP contribution is 2.34. The lowest BCUT2D eigenvalue weighted by Crippen LogP contribution is -2.40. The zero-order valence-corrected chi connectivity index (χ0v) is 16.5. The zero-order chi connectivity index (χ0) is 22.0. The first-order valence-corrected chi connectivity index (χ1v) is 10.1. The van der Waals surface area contributed by atoms with Gasteiger partial charge in [0.05, 0.1) is 5.52 Å². The molecule has 2 N–H and O–H groups in total. The molecule has 1 fully saturated rings. The van der Waals surface area contributed by atoms with Crippen molar-refractivity contribution in [3.05, 3.63) is 71.7 Å². The van der Waals surface area contributed by atoms with Crippen LogP contribution in [0.25, 0.3) is 10.9 Å². The molecule has 4 rings (SSSR count). The molecule has 162 valence electrons. The lowest BCUT2D eigenvalue weighted by atomic mass is 9.90. The van der Waals surface area contributed by atoms with E-state index in [9.17, 15) is 22.4 Å². The maximum atomic E-state index is 13.3. The van der Waals surface area contributed by atoms with Crippen molar-refractivity contribution in [1.82, 2.24) is 10.3 Å². The number of benzene rings is 2. The summed E-state index contributed by atoms with van der Waals surface area (Å²) in [7, 11) is 0. The van der Waals surface area contributed by atoms with Gasteiger partial charge in [-0.3, -0.25) is 4.79 Å². The van der Waals surface area contributed by atoms with Crippen molar-refractivity contribution in [3.8, 4) is 0 Å². The number of pyridine rings is 1. The summed E-state index contributed by atoms with van der Waals surface area (Å²) in [5, 5.41) is 6.80. The lowest BCUT2D eigenvalue weighted by molar-refractivity contribution is -0.140. The predicted octanol–water partition coefficient (Wildman–Crippen LogP) is 5.55. The highest BCUT2D eigenvalue weighted by Gasteiger charge is 2.33. The number of nitrogens with zero attached hydrogens (tertiary/aromatic N) is 1. The minimum absolute atomic E-state index is 0.0192. The second kappa shape index (κ2) is 8.53. The van der Waals surface area contributed by atoms with Crippen molar-refractivity contribution >= 4 is 22.5 Å². The quantitative estimate of drug-likeness (QED) is 0.533. The normalized spacial score (nSPS) is 19.2. The molecule has 8 heteroatoms. The number of alkyl halides is 3. The molecule has 0 atom stereocenters. The molecule has 1 aliphatic carbocycles. The van der Waals surface area contributed by atoms with Gasteiger partial charge in [0.2, 0.25) is 0 Å². The first-order valence-electron chi connectivity index (χ1n) is 10.1. The third-order valence-electron chi connectivity index (χ3n) is 5.52. The Kier molecular flexibility index (Phi) is 5.80. The number of amides is 1. The summed E-state index contributed by atoms with van der Waals surface area (Å²) >= 11 is 0. The number of carbonyl (C=O) groups is 1. The SMILES string of the molecule is O=C(NC1CCC(Nc2cc(C(F)(F)F)nc3ccccc23)CC1)c1cccc(F)c1. The van der Waals surface area contributed by atoms with Crippen molar-refractivity contribution in [2.24, 2.45) is 0 Å². The van der Waals surface area contributed by atoms with E-state index in [0.29, 0.717) is 36.8 Å². The summed E-state index contributed by atoms with van der Waals surface area (Å²) in [6, 6.07) is 13.2. The maximum absolute atomic E-state index is 13.3. The standard InChI is InChI=1S/C23H21F4N3O/c24-15-5-3-4-14(12-15)22(31)29-17-10-8-16(9-11-17)28-20-13-21(23(25,26)27)30-19-7-2-1-6-18(19)20/h1-7,12-13,16-17H,8-11H2,(H,28,30)(H,29,31). The van der Waals surface area contributed by atoms with Crippen LogP contribution in [0.5, 0.6) is 0 Å². The molecule has 0 bridgehead atoms. The third-order valence-corrected chi connectivity index (χ3v) is 5.52. The fraction of sp³-hybridized carbons (Fsp3) is 0.304. The van der Waals surface area contributed by atoms with Crippen LogP contribution in [-0.4, -0.2) is 23.0 Å². The molecule has 1 amide bonds. The van der Waals surface area contributed by atoms with Crippen LogP contribution in [0, 0.1) is 5.82 Å². The second-order valence-electron chi connectivity index (χ2n) is 7.75. The molecule has 1 saturated carbocycles. The predicted molar refractivity (Wildman–Crippen MR) is 110 cm³/mol. The number of fused-ring (bicyclic) bond motifs is 1. The largest absolute Gasteiger partial charge is 0.433 e. The van der Waals surface area contributed by atoms with Crippen molar-refractivity contribution in [3.63, 3.8) is 0 Å². The second-order valence-corrected chi connectivity index (χ2v) is 7.75. The number of nitrogens with one attached hydrogen (secondary N) is 2. The highest BCUT2D eigenvalue weighted by atomic mass is 19.4. The molecule has 31 heavy (non-hydrogen) atoms. The summed E-state index contributed by atoms with van der Waals surface area (Å²) in [6.45, 7) is 0. The minimum atomic E-state index is -4.53. The Morgan fingerprint density at radius 1 is 0.935 bits per heavy atom. The molecule has 1 aromatic heterocycles. The number of hydrogen-bond donors (Lipinski definition) is 2. The molecule has 0 unspecified atom stereocenters. The van der Waals surface area contributed by atoms with Crippen LogP contribution in [0.2, 0.25) is 0 Å². The Hall–Kier alpha value is -3.16. The number of anilines is 1. The molecule has 1 heterocycles. The van der Waals surface area contributed by atoms with Crippen molar-refractivity contribution in [1.29, 1.82) is 0 Å². The molecule has 4 nitrogen and oxygen atoms in total. The summed E-state index contributed by atoms with van der Waals surface area (Å²) in [5.74, 6) is -0.797. The fourth-order valence-corrected chi connectivity index (χ4v) is 3.94. The van der Waals surface area contributed by atoms with Crippen LogP contribution in [-0.2, 0) is 6.18 Å². The van der Waals surface area contributed by atoms with E-state index in [1.54, 1.807) is 30.3 Å². The van der Waals surface area contributed by atoms with Gasteiger partial charge in [-0.15, -0.1) is 0 Å². The highest BCUT2D eigenvalue weighted by molar-refractivity contribution is 5.94. The summed E-state index contributed by atoms with van der Waals surface area (Å²) in [6.07, 6.45) is -1.81. The Morgan fingerprint density at radius 2 is 1.65 bits per heavy atom. The van der Waals surface area contributed by atoms with Crippen LogP contribution in [0.3, 0.4) is 0 Å². The zero-order valence-electron chi connectivity index (χ0n) is 16.5. The average molecular weight is 431 g/mol. The molecule has 0 saturated heterocycles. The maximum Gasteiger partial charge on any atom is 0.433 e. The monoisotopic (exact) mass is 431 g/mol. The van der Waals surface area contributed by atoms with Crippen LogP contribution < -0.4 is 10.6 Å². The Morgan fingerprint density at radius 3 is 2.35 bits per heavy atom. The first-order chi connectivity index (χ1) is 14.8. The fourth-order valence-electron chi connectivity index (χ4n) is 3.94. The molecular formula is C23H21F4N3O. The lowest BCUT2D eigenvalue weighted by Gasteiger charge is -2.30. The van der Waals surface area contributed by atoms with Gasteiger partial charge in [-0.1, -0.05) is 24.3 Å². The van der Waals surface area contributed by atoms with Gasteiger partial charge in [0.25, 0.3) is 5.91 Å². The molecule has 0 aliphatic heterocycles. The van der Waals surface area contributed by atoms with Crippen molar-refractivity contribution < 1.29 is 22.4 Å². The van der Waals surface area contributed by atoms with E-state index in [-0.39, 0.29) is 29.1 Å². The van der Waals surface area contributed by atoms with Gasteiger partial charge in [0.15, 0.2) is 0 Å². The van der Waals surface area contributed by atoms with Gasteiger partial charge in [-0.25, -0.2) is 9.37 Å². The van der Waals surface area contributed by atoms with E-state index in [2.05, 4.69) is 15.6 Å². The molecule has 2 aromatic carbocycles. The minimum Gasteiger partial charge on any atom is -0.382 e. The summed E-state index contributed by atoms with van der Waals surface area (Å²) < 4.78 is 53.1. The van der Waals surface area contributed by atoms with Gasteiger partial charge in [0, 0.05) is 28.7 Å². The van der Waals surface area contributed by atoms with E-state index in [1.165, 1.54) is 18.2 Å². The van der Waals surface area contributed by atoms with E-state index >= 15 is 0 Å². The van der Waals surface area contributed by atoms with Gasteiger partial charge in [-0.2, -0.15) is 13.2 Å². The third kappa shape index (κ3) is 4.95. The van der Waals surface area contributed by atoms with Gasteiger partial charge < -0.3 is 10.6 Å². The van der Waals surface area contributed by atoms with E-state index in [1.807, 2.05) is 0 Å². The van der Waals surface area contributed by atoms with Gasteiger partial charge >= 0.3 is 6.18 Å². The number of hydrogen-bond acceptors (Lipinski definition) is 3. The van der Waals surface area contributed by atoms with Crippen LogP contribution in [0.4, 0.5) is 23.2 Å². The number of carbonyl (C=O) groups excluding carboxylic acids is 1. The summed E-state index contributed by atoms with van der Waals surface area (Å²) in [4.78, 5) is 16.0. The molecule has 0 spiro atoms. The number of aromatic nitrogens is 1. The number of rotatable bonds is 4. The molecule has 3 aromatic rings. The van der Waals surface area contributed by atoms with E-state index in [0.717, 1.165) is 6.07 Å². The molecule has 1 aliphatic rings. The average Bonchev–Trinajstić information content (AvgIpc) is 2.74. The van der Waals surface area contributed by atoms with E-state index < -0.39 is 17.7 Å². The molecular weight excluding hydrogens is 410 g/mol. The Labute approximate surface area is 176 Å². The first kappa shape index (κ1) is 21.1. The number of halogens is 4. The van der Waals surface area contributed by atoms with Crippen LogP contribution in [0.15, 0.2) is 54.6 Å². The smallest absolute Gasteiger partial charge is 0.382 e. The van der Waals surface area contributed by atoms with Crippen LogP contribution >= 0.6 is 0 Å². The van der Waals surface area contributed by atoms with Gasteiger partial charge in [-0.05, 0) is 56.0 Å². The van der Waals surface area contributed by atoms with Crippen LogP contribution in [0.1, 0.15) is 41.7 Å². The summed E-state index contributed by atoms with van der Waals surface area (Å²) in [5.41, 5.74) is 0.0361. The van der Waals surface area contributed by atoms with E-state index in [4.69, 9.17) is 0 Å². The Balaban J connectivity index is 1.42. The topological polar surface area (TPSA) is 54.0 Å². The Bertz CT molecular complexity index is 1090. The van der Waals surface area contributed by atoms with Gasteiger partial charge in [0.1, 0.15) is 11.5 Å².